The predicted molar refractivity (Wildman–Crippen MR) is 97.7 cm³/mol. The van der Waals surface area contributed by atoms with Crippen LogP contribution in [0.25, 0.3) is 10.9 Å². The zero-order chi connectivity index (χ0) is 17.9. The van der Waals surface area contributed by atoms with E-state index in [0.29, 0.717) is 12.3 Å². The number of aromatic nitrogens is 1. The average molecular weight is 338 g/mol. The van der Waals surface area contributed by atoms with Gasteiger partial charge in [-0.3, -0.25) is 4.79 Å². The fraction of sp³-hybridized carbons (Fsp3) is 0.250. The van der Waals surface area contributed by atoms with Crippen LogP contribution < -0.4 is 10.1 Å². The highest BCUT2D eigenvalue weighted by Crippen LogP contribution is 2.22. The van der Waals surface area contributed by atoms with Crippen molar-refractivity contribution in [2.75, 3.05) is 6.61 Å². The minimum absolute atomic E-state index is 0.129. The van der Waals surface area contributed by atoms with Crippen LogP contribution in [0.4, 0.5) is 0 Å². The second-order valence-electron chi connectivity index (χ2n) is 6.70. The van der Waals surface area contributed by atoms with Crippen LogP contribution in [0.15, 0.2) is 54.6 Å². The fourth-order valence-corrected chi connectivity index (χ4v) is 2.47. The molecular formula is C20H22N2O3. The van der Waals surface area contributed by atoms with E-state index in [4.69, 9.17) is 4.74 Å². The Morgan fingerprint density at radius 3 is 2.64 bits per heavy atom. The highest BCUT2D eigenvalue weighted by Gasteiger charge is 2.21. The van der Waals surface area contributed by atoms with E-state index >= 15 is 0 Å². The molecule has 0 spiro atoms. The summed E-state index contributed by atoms with van der Waals surface area (Å²) in [7, 11) is 0. The first-order chi connectivity index (χ1) is 12.0. The van der Waals surface area contributed by atoms with Crippen molar-refractivity contribution in [2.24, 2.45) is 0 Å². The number of rotatable bonds is 6. The van der Waals surface area contributed by atoms with Crippen molar-refractivity contribution < 1.29 is 14.6 Å². The molecule has 0 aliphatic heterocycles. The van der Waals surface area contributed by atoms with Gasteiger partial charge in [0.1, 0.15) is 18.1 Å². The molecule has 0 aliphatic carbocycles. The minimum Gasteiger partial charge on any atom is -0.489 e. The van der Waals surface area contributed by atoms with Crippen LogP contribution in [-0.4, -0.2) is 28.1 Å². The largest absolute Gasteiger partial charge is 0.489 e. The first kappa shape index (κ1) is 17.0. The number of nitrogens with one attached hydrogen (secondary N) is 2. The molecule has 0 radical (unpaired) electrons. The van der Waals surface area contributed by atoms with E-state index in [2.05, 4.69) is 10.3 Å². The lowest BCUT2D eigenvalue weighted by atomic mass is 10.1. The topological polar surface area (TPSA) is 74.3 Å². The molecule has 3 aromatic rings. The number of H-pyrrole nitrogens is 1. The third kappa shape index (κ3) is 4.19. The number of fused-ring (bicyclic) bond motifs is 1. The molecule has 5 heteroatoms. The Balaban J connectivity index is 1.74. The molecule has 1 aromatic heterocycles. The van der Waals surface area contributed by atoms with E-state index in [0.717, 1.165) is 22.2 Å². The lowest BCUT2D eigenvalue weighted by Gasteiger charge is -2.22. The first-order valence-electron chi connectivity index (χ1n) is 8.20. The molecule has 1 heterocycles. The minimum atomic E-state index is -0.668. The van der Waals surface area contributed by atoms with E-state index in [-0.39, 0.29) is 12.5 Å². The van der Waals surface area contributed by atoms with Gasteiger partial charge in [0, 0.05) is 17.0 Å². The number of aliphatic hydroxyl groups is 1. The van der Waals surface area contributed by atoms with Crippen molar-refractivity contribution in [2.45, 2.75) is 26.0 Å². The summed E-state index contributed by atoms with van der Waals surface area (Å²) in [6, 6.07) is 17.4. The predicted octanol–water partition coefficient (Wildman–Crippen LogP) is 3.25. The zero-order valence-electron chi connectivity index (χ0n) is 14.4. The number of aliphatic hydroxyl groups excluding tert-OH is 1. The van der Waals surface area contributed by atoms with Crippen molar-refractivity contribution in [1.29, 1.82) is 0 Å². The van der Waals surface area contributed by atoms with Gasteiger partial charge in [0.25, 0.3) is 5.91 Å². The van der Waals surface area contributed by atoms with Crippen LogP contribution in [0.2, 0.25) is 0 Å². The van der Waals surface area contributed by atoms with Crippen molar-refractivity contribution in [3.63, 3.8) is 0 Å². The zero-order valence-corrected chi connectivity index (χ0v) is 14.4. The Morgan fingerprint density at radius 1 is 1.16 bits per heavy atom. The summed E-state index contributed by atoms with van der Waals surface area (Å²) in [6.45, 7) is 3.90. The summed E-state index contributed by atoms with van der Waals surface area (Å²) >= 11 is 0. The summed E-state index contributed by atoms with van der Waals surface area (Å²) < 4.78 is 5.81. The molecular weight excluding hydrogens is 316 g/mol. The fourth-order valence-electron chi connectivity index (χ4n) is 2.47. The molecule has 5 nitrogen and oxygen atoms in total. The Hall–Kier alpha value is -2.79. The number of hydrogen-bond donors (Lipinski definition) is 3. The van der Waals surface area contributed by atoms with Gasteiger partial charge in [0.15, 0.2) is 0 Å². The number of ether oxygens (including phenoxy) is 1. The summed E-state index contributed by atoms with van der Waals surface area (Å²) in [5.74, 6) is 0.489. The molecule has 0 unspecified atom stereocenters. The third-order valence-corrected chi connectivity index (χ3v) is 3.93. The van der Waals surface area contributed by atoms with Gasteiger partial charge in [-0.2, -0.15) is 0 Å². The standard InChI is InChI=1S/C20H22N2O3/c1-20(2,13-23)22-19(24)18-10-15-8-9-16(11-17(15)21-18)25-12-14-6-4-3-5-7-14/h3-11,21,23H,12-13H2,1-2H3,(H,22,24). The molecule has 0 fully saturated rings. The SMILES string of the molecule is CC(C)(CO)NC(=O)c1cc2ccc(OCc3ccccc3)cc2[nH]1. The Kier molecular flexibility index (Phi) is 4.76. The van der Waals surface area contributed by atoms with Crippen LogP contribution in [-0.2, 0) is 6.61 Å². The van der Waals surface area contributed by atoms with Gasteiger partial charge in [-0.25, -0.2) is 0 Å². The molecule has 0 saturated heterocycles. The highest BCUT2D eigenvalue weighted by atomic mass is 16.5. The van der Waals surface area contributed by atoms with Crippen LogP contribution in [0.1, 0.15) is 29.9 Å². The lowest BCUT2D eigenvalue weighted by Crippen LogP contribution is -2.46. The summed E-state index contributed by atoms with van der Waals surface area (Å²) in [6.07, 6.45) is 0. The Morgan fingerprint density at radius 2 is 1.92 bits per heavy atom. The van der Waals surface area contributed by atoms with Gasteiger partial charge >= 0.3 is 0 Å². The van der Waals surface area contributed by atoms with E-state index in [1.54, 1.807) is 19.9 Å². The number of hydrogen-bond acceptors (Lipinski definition) is 3. The van der Waals surface area contributed by atoms with Crippen LogP contribution in [0, 0.1) is 0 Å². The maximum atomic E-state index is 12.3. The van der Waals surface area contributed by atoms with Gasteiger partial charge in [-0.15, -0.1) is 0 Å². The van der Waals surface area contributed by atoms with E-state index in [1.165, 1.54) is 0 Å². The van der Waals surface area contributed by atoms with Gasteiger partial charge in [0.05, 0.1) is 12.1 Å². The molecule has 0 saturated carbocycles. The maximum absolute atomic E-state index is 12.3. The Bertz CT molecular complexity index is 869. The van der Waals surface area contributed by atoms with Crippen molar-refractivity contribution in [3.05, 3.63) is 65.9 Å². The van der Waals surface area contributed by atoms with Crippen LogP contribution in [0.5, 0.6) is 5.75 Å². The van der Waals surface area contributed by atoms with Gasteiger partial charge < -0.3 is 20.1 Å². The third-order valence-electron chi connectivity index (χ3n) is 3.93. The molecule has 0 aliphatic rings. The van der Waals surface area contributed by atoms with Crippen molar-refractivity contribution in [3.8, 4) is 5.75 Å². The monoisotopic (exact) mass is 338 g/mol. The molecule has 3 rings (SSSR count). The molecule has 2 aromatic carbocycles. The highest BCUT2D eigenvalue weighted by molar-refractivity contribution is 5.98. The molecule has 0 bridgehead atoms. The number of carbonyl (C=O) groups is 1. The Labute approximate surface area is 146 Å². The second kappa shape index (κ2) is 6.99. The van der Waals surface area contributed by atoms with Gasteiger partial charge in [0.2, 0.25) is 0 Å². The van der Waals surface area contributed by atoms with E-state index in [9.17, 15) is 9.90 Å². The lowest BCUT2D eigenvalue weighted by molar-refractivity contribution is 0.0865. The maximum Gasteiger partial charge on any atom is 0.268 e. The molecule has 1 amide bonds. The van der Waals surface area contributed by atoms with Crippen molar-refractivity contribution in [1.82, 2.24) is 10.3 Å². The number of benzene rings is 2. The quantitative estimate of drug-likeness (QED) is 0.646. The second-order valence-corrected chi connectivity index (χ2v) is 6.70. The van der Waals surface area contributed by atoms with Crippen molar-refractivity contribution >= 4 is 16.8 Å². The van der Waals surface area contributed by atoms with Crippen LogP contribution >= 0.6 is 0 Å². The number of carbonyl (C=O) groups excluding carboxylic acids is 1. The van der Waals surface area contributed by atoms with Crippen LogP contribution in [0.3, 0.4) is 0 Å². The molecule has 3 N–H and O–H groups in total. The van der Waals surface area contributed by atoms with Gasteiger partial charge in [-0.1, -0.05) is 30.3 Å². The number of amides is 1. The molecule has 25 heavy (non-hydrogen) atoms. The normalized spacial score (nSPS) is 11.5. The van der Waals surface area contributed by atoms with E-state index in [1.807, 2.05) is 48.5 Å². The smallest absolute Gasteiger partial charge is 0.268 e. The summed E-state index contributed by atoms with van der Waals surface area (Å²) in [5.41, 5.74) is 1.72. The number of aromatic amines is 1. The summed E-state index contributed by atoms with van der Waals surface area (Å²) in [5, 5.41) is 13.0. The van der Waals surface area contributed by atoms with Gasteiger partial charge in [-0.05, 0) is 37.6 Å². The molecule has 0 atom stereocenters. The summed E-state index contributed by atoms with van der Waals surface area (Å²) in [4.78, 5) is 15.4. The molecule has 130 valence electrons. The first-order valence-corrected chi connectivity index (χ1v) is 8.20. The van der Waals surface area contributed by atoms with E-state index < -0.39 is 5.54 Å². The average Bonchev–Trinajstić information content (AvgIpc) is 3.04.